The van der Waals surface area contributed by atoms with Crippen LogP contribution in [-0.4, -0.2) is 17.7 Å². The number of ether oxygens (including phenoxy) is 1. The number of thiazole rings is 1. The molecule has 3 aromatic carbocycles. The van der Waals surface area contributed by atoms with E-state index in [1.165, 1.54) is 33.6 Å². The minimum atomic E-state index is -0.537. The lowest BCUT2D eigenvalue weighted by molar-refractivity contribution is 0.158. The Hall–Kier alpha value is -3.64. The van der Waals surface area contributed by atoms with Gasteiger partial charge in [-0.2, -0.15) is 0 Å². The summed E-state index contributed by atoms with van der Waals surface area (Å²) in [7, 11) is 0. The van der Waals surface area contributed by atoms with Crippen LogP contribution in [0.3, 0.4) is 0 Å². The second-order valence-corrected chi connectivity index (χ2v) is 8.08. The SMILES string of the molecule is Nc1sc(NC(=O)OCC2c3ccccc3-c3ccccc32)nc1-c1ccccc1. The predicted molar refractivity (Wildman–Crippen MR) is 121 cm³/mol. The van der Waals surface area contributed by atoms with Crippen LogP contribution in [0.25, 0.3) is 22.4 Å². The quantitative estimate of drug-likeness (QED) is 0.446. The number of rotatable bonds is 4. The number of nitrogens with zero attached hydrogens (tertiary/aromatic N) is 1. The largest absolute Gasteiger partial charge is 0.448 e. The van der Waals surface area contributed by atoms with Gasteiger partial charge in [0.15, 0.2) is 5.13 Å². The van der Waals surface area contributed by atoms with E-state index in [-0.39, 0.29) is 12.5 Å². The van der Waals surface area contributed by atoms with Crippen molar-refractivity contribution in [3.8, 4) is 22.4 Å². The van der Waals surface area contributed by atoms with E-state index in [2.05, 4.69) is 34.6 Å². The maximum atomic E-state index is 12.4. The Morgan fingerprint density at radius 2 is 1.53 bits per heavy atom. The van der Waals surface area contributed by atoms with Crippen molar-refractivity contribution in [3.05, 3.63) is 90.0 Å². The first-order valence-electron chi connectivity index (χ1n) is 9.64. The summed E-state index contributed by atoms with van der Waals surface area (Å²) in [6.45, 7) is 0.256. The molecule has 5 rings (SSSR count). The van der Waals surface area contributed by atoms with Crippen LogP contribution in [0.5, 0.6) is 0 Å². The number of hydrogen-bond acceptors (Lipinski definition) is 5. The van der Waals surface area contributed by atoms with E-state index in [0.29, 0.717) is 15.8 Å². The summed E-state index contributed by atoms with van der Waals surface area (Å²) in [5.74, 6) is 0.0180. The number of nitrogens with two attached hydrogens (primary N) is 1. The predicted octanol–water partition coefficient (Wildman–Crippen LogP) is 5.75. The van der Waals surface area contributed by atoms with Gasteiger partial charge in [0.05, 0.1) is 0 Å². The molecule has 1 aliphatic rings. The summed E-state index contributed by atoms with van der Waals surface area (Å²) in [5, 5.41) is 3.68. The van der Waals surface area contributed by atoms with Crippen molar-refractivity contribution in [1.29, 1.82) is 0 Å². The minimum absolute atomic E-state index is 0.0180. The molecular formula is C24H19N3O2S. The molecule has 148 valence electrons. The highest BCUT2D eigenvalue weighted by Crippen LogP contribution is 2.44. The lowest BCUT2D eigenvalue weighted by Gasteiger charge is -2.14. The van der Waals surface area contributed by atoms with Gasteiger partial charge in [-0.05, 0) is 22.3 Å². The molecule has 30 heavy (non-hydrogen) atoms. The molecule has 1 aromatic heterocycles. The van der Waals surface area contributed by atoms with Crippen LogP contribution in [0, 0.1) is 0 Å². The summed E-state index contributed by atoms with van der Waals surface area (Å²) < 4.78 is 5.57. The summed E-state index contributed by atoms with van der Waals surface area (Å²) in [4.78, 5) is 16.9. The maximum absolute atomic E-state index is 12.4. The Morgan fingerprint density at radius 3 is 2.20 bits per heavy atom. The van der Waals surface area contributed by atoms with Crippen LogP contribution >= 0.6 is 11.3 Å². The second-order valence-electron chi connectivity index (χ2n) is 7.05. The first-order chi connectivity index (χ1) is 14.7. The Kier molecular flexibility index (Phi) is 4.69. The first kappa shape index (κ1) is 18.4. The number of aromatic nitrogens is 1. The Morgan fingerprint density at radius 1 is 0.933 bits per heavy atom. The molecule has 1 heterocycles. The van der Waals surface area contributed by atoms with Crippen molar-refractivity contribution in [2.45, 2.75) is 5.92 Å². The maximum Gasteiger partial charge on any atom is 0.413 e. The third kappa shape index (κ3) is 3.31. The van der Waals surface area contributed by atoms with Gasteiger partial charge in [-0.1, -0.05) is 90.2 Å². The van der Waals surface area contributed by atoms with E-state index in [9.17, 15) is 4.79 Å². The highest BCUT2D eigenvalue weighted by Gasteiger charge is 2.29. The number of carbonyl (C=O) groups is 1. The molecule has 3 N–H and O–H groups in total. The lowest BCUT2D eigenvalue weighted by atomic mass is 9.98. The molecule has 1 aliphatic carbocycles. The first-order valence-corrected chi connectivity index (χ1v) is 10.5. The lowest BCUT2D eigenvalue weighted by Crippen LogP contribution is -2.17. The van der Waals surface area contributed by atoms with E-state index in [1.807, 2.05) is 54.6 Å². The highest BCUT2D eigenvalue weighted by molar-refractivity contribution is 7.20. The van der Waals surface area contributed by atoms with E-state index >= 15 is 0 Å². The van der Waals surface area contributed by atoms with Crippen LogP contribution in [0.4, 0.5) is 14.9 Å². The van der Waals surface area contributed by atoms with Crippen molar-refractivity contribution < 1.29 is 9.53 Å². The van der Waals surface area contributed by atoms with Gasteiger partial charge in [0.2, 0.25) is 0 Å². The number of nitrogen functional groups attached to an aromatic ring is 1. The van der Waals surface area contributed by atoms with Crippen LogP contribution < -0.4 is 11.1 Å². The number of anilines is 2. The second kappa shape index (κ2) is 7.65. The zero-order valence-corrected chi connectivity index (χ0v) is 16.9. The van der Waals surface area contributed by atoms with Gasteiger partial charge in [0.1, 0.15) is 17.3 Å². The number of fused-ring (bicyclic) bond motifs is 3. The Balaban J connectivity index is 1.30. The van der Waals surface area contributed by atoms with Crippen LogP contribution in [0.1, 0.15) is 17.0 Å². The molecule has 0 saturated carbocycles. The molecule has 0 radical (unpaired) electrons. The average molecular weight is 414 g/mol. The van der Waals surface area contributed by atoms with E-state index in [1.54, 1.807) is 0 Å². The van der Waals surface area contributed by atoms with E-state index < -0.39 is 6.09 Å². The third-order valence-electron chi connectivity index (χ3n) is 5.25. The van der Waals surface area contributed by atoms with Gasteiger partial charge in [-0.3, -0.25) is 5.32 Å². The molecule has 0 saturated heterocycles. The number of benzene rings is 3. The number of carbonyl (C=O) groups excluding carboxylic acids is 1. The zero-order chi connectivity index (χ0) is 20.5. The number of hydrogen-bond donors (Lipinski definition) is 2. The molecule has 0 spiro atoms. The molecular weight excluding hydrogens is 394 g/mol. The average Bonchev–Trinajstić information content (AvgIpc) is 3.30. The van der Waals surface area contributed by atoms with Crippen molar-refractivity contribution in [2.75, 3.05) is 17.7 Å². The zero-order valence-electron chi connectivity index (χ0n) is 16.0. The van der Waals surface area contributed by atoms with Crippen LogP contribution in [0.2, 0.25) is 0 Å². The molecule has 0 atom stereocenters. The van der Waals surface area contributed by atoms with Gasteiger partial charge in [0.25, 0.3) is 0 Å². The van der Waals surface area contributed by atoms with Gasteiger partial charge in [-0.25, -0.2) is 9.78 Å². The molecule has 4 aromatic rings. The van der Waals surface area contributed by atoms with Crippen molar-refractivity contribution in [2.24, 2.45) is 0 Å². The monoisotopic (exact) mass is 413 g/mol. The van der Waals surface area contributed by atoms with Gasteiger partial charge in [0, 0.05) is 11.5 Å². The van der Waals surface area contributed by atoms with E-state index in [4.69, 9.17) is 10.5 Å². The van der Waals surface area contributed by atoms with Crippen molar-refractivity contribution in [1.82, 2.24) is 4.98 Å². The topological polar surface area (TPSA) is 77.2 Å². The fourth-order valence-corrected chi connectivity index (χ4v) is 4.65. The molecule has 6 heteroatoms. The Bertz CT molecular complexity index is 1170. The van der Waals surface area contributed by atoms with Crippen LogP contribution in [0.15, 0.2) is 78.9 Å². The van der Waals surface area contributed by atoms with Gasteiger partial charge in [-0.15, -0.1) is 0 Å². The molecule has 0 unspecified atom stereocenters. The van der Waals surface area contributed by atoms with Gasteiger partial charge < -0.3 is 10.5 Å². The smallest absolute Gasteiger partial charge is 0.413 e. The highest BCUT2D eigenvalue weighted by atomic mass is 32.1. The van der Waals surface area contributed by atoms with Crippen LogP contribution in [-0.2, 0) is 4.74 Å². The summed E-state index contributed by atoms with van der Waals surface area (Å²) >= 11 is 1.23. The van der Waals surface area contributed by atoms with E-state index in [0.717, 1.165) is 5.56 Å². The molecule has 0 bridgehead atoms. The van der Waals surface area contributed by atoms with Crippen molar-refractivity contribution in [3.63, 3.8) is 0 Å². The number of amides is 1. The van der Waals surface area contributed by atoms with Gasteiger partial charge >= 0.3 is 6.09 Å². The third-order valence-corrected chi connectivity index (χ3v) is 6.05. The Labute approximate surface area is 178 Å². The standard InChI is InChI=1S/C24H19N3O2S/c25-22-21(15-8-2-1-3-9-15)26-23(30-22)27-24(28)29-14-20-18-12-6-4-10-16(18)17-11-5-7-13-19(17)20/h1-13,20H,14,25H2,(H,26,27,28). The minimum Gasteiger partial charge on any atom is -0.448 e. The summed E-state index contributed by atoms with van der Waals surface area (Å²) in [6, 6.07) is 26.1. The summed E-state index contributed by atoms with van der Waals surface area (Å²) in [5.41, 5.74) is 12.4. The van der Waals surface area contributed by atoms with Crippen molar-refractivity contribution >= 4 is 27.6 Å². The fraction of sp³-hybridized carbons (Fsp3) is 0.0833. The molecule has 5 nitrogen and oxygen atoms in total. The molecule has 0 fully saturated rings. The summed E-state index contributed by atoms with van der Waals surface area (Å²) in [6.07, 6.45) is -0.537. The fourth-order valence-electron chi connectivity index (χ4n) is 3.91. The normalized spacial score (nSPS) is 12.3. The molecule has 1 amide bonds. The number of nitrogens with one attached hydrogen (secondary N) is 1. The molecule has 0 aliphatic heterocycles.